The van der Waals surface area contributed by atoms with Crippen LogP contribution in [0.3, 0.4) is 0 Å². The van der Waals surface area contributed by atoms with Gasteiger partial charge in [0.15, 0.2) is 5.84 Å². The maximum absolute atomic E-state index is 6.26. The van der Waals surface area contributed by atoms with Gasteiger partial charge in [0, 0.05) is 43.3 Å². The van der Waals surface area contributed by atoms with Gasteiger partial charge in [0.1, 0.15) is 11.5 Å². The Morgan fingerprint density at radius 1 is 1.15 bits per heavy atom. The Bertz CT molecular complexity index is 895. The number of fused-ring (bicyclic) bond motifs is 2. The highest BCUT2D eigenvalue weighted by Crippen LogP contribution is 2.31. The number of hydrogen-bond donors (Lipinski definition) is 1. The molecule has 0 amide bonds. The SMILES string of the molecule is CC1(N)CCN(c2cnc3c(n2)CN=C3N2CCCc3cnccc32)CC1. The van der Waals surface area contributed by atoms with E-state index in [2.05, 4.69) is 27.8 Å². The average Bonchev–Trinajstić information content (AvgIpc) is 3.10. The molecule has 5 heterocycles. The van der Waals surface area contributed by atoms with Crippen LogP contribution in [-0.2, 0) is 13.0 Å². The van der Waals surface area contributed by atoms with Crippen molar-refractivity contribution >= 4 is 17.3 Å². The number of rotatable bonds is 1. The molecule has 0 spiro atoms. The third kappa shape index (κ3) is 2.96. The maximum Gasteiger partial charge on any atom is 0.156 e. The van der Waals surface area contributed by atoms with Crippen LogP contribution in [0.2, 0.25) is 0 Å². The fraction of sp³-hybridized carbons (Fsp3) is 0.500. The number of hydrogen-bond acceptors (Lipinski definition) is 7. The molecule has 2 N–H and O–H groups in total. The van der Waals surface area contributed by atoms with Crippen LogP contribution in [0, 0.1) is 0 Å². The van der Waals surface area contributed by atoms with Gasteiger partial charge in [-0.1, -0.05) is 0 Å². The smallest absolute Gasteiger partial charge is 0.156 e. The summed E-state index contributed by atoms with van der Waals surface area (Å²) < 4.78 is 0. The summed E-state index contributed by atoms with van der Waals surface area (Å²) in [5.74, 6) is 1.90. The van der Waals surface area contributed by atoms with Crippen molar-refractivity contribution in [3.8, 4) is 0 Å². The lowest BCUT2D eigenvalue weighted by molar-refractivity contribution is 0.363. The molecule has 27 heavy (non-hydrogen) atoms. The Morgan fingerprint density at radius 2 is 2.00 bits per heavy atom. The number of amidine groups is 1. The van der Waals surface area contributed by atoms with Crippen LogP contribution < -0.4 is 15.5 Å². The summed E-state index contributed by atoms with van der Waals surface area (Å²) in [6.45, 7) is 5.55. The molecule has 2 aromatic rings. The fourth-order valence-electron chi connectivity index (χ4n) is 4.19. The molecule has 0 aromatic carbocycles. The Labute approximate surface area is 159 Å². The van der Waals surface area contributed by atoms with Crippen LogP contribution in [0.5, 0.6) is 0 Å². The van der Waals surface area contributed by atoms with E-state index in [1.807, 2.05) is 18.6 Å². The highest BCUT2D eigenvalue weighted by Gasteiger charge is 2.30. The topological polar surface area (TPSA) is 83.5 Å². The van der Waals surface area contributed by atoms with Crippen LogP contribution >= 0.6 is 0 Å². The maximum atomic E-state index is 6.26. The minimum Gasteiger partial charge on any atom is -0.355 e. The molecule has 1 fully saturated rings. The molecule has 0 unspecified atom stereocenters. The lowest BCUT2D eigenvalue weighted by Crippen LogP contribution is -2.48. The second-order valence-electron chi connectivity index (χ2n) is 8.06. The fourth-order valence-corrected chi connectivity index (χ4v) is 4.19. The van der Waals surface area contributed by atoms with Gasteiger partial charge in [0.05, 0.1) is 18.4 Å². The number of anilines is 2. The van der Waals surface area contributed by atoms with Crippen LogP contribution in [0.15, 0.2) is 29.6 Å². The van der Waals surface area contributed by atoms with Gasteiger partial charge in [-0.05, 0) is 44.2 Å². The molecule has 5 rings (SSSR count). The van der Waals surface area contributed by atoms with Crippen molar-refractivity contribution in [2.45, 2.75) is 44.7 Å². The monoisotopic (exact) mass is 363 g/mol. The van der Waals surface area contributed by atoms with Crippen molar-refractivity contribution in [1.82, 2.24) is 15.0 Å². The molecule has 1 saturated heterocycles. The number of aromatic nitrogens is 3. The van der Waals surface area contributed by atoms with Gasteiger partial charge in [-0.15, -0.1) is 0 Å². The standard InChI is InChI=1S/C20H25N7/c1-20(21)5-9-26(10-6-20)17-13-23-18-15(25-17)12-24-19(18)27-8-2-3-14-11-22-7-4-16(14)27/h4,7,11,13H,2-3,5-6,8-10,12,21H2,1H3. The molecule has 0 aliphatic carbocycles. The minimum atomic E-state index is -0.0621. The van der Waals surface area contributed by atoms with Gasteiger partial charge in [0.25, 0.3) is 0 Å². The van der Waals surface area contributed by atoms with Crippen LogP contribution in [0.4, 0.5) is 11.5 Å². The van der Waals surface area contributed by atoms with Gasteiger partial charge < -0.3 is 15.5 Å². The zero-order chi connectivity index (χ0) is 18.4. The Balaban J connectivity index is 1.41. The summed E-state index contributed by atoms with van der Waals surface area (Å²) in [5.41, 5.74) is 10.6. The number of pyridine rings is 1. The van der Waals surface area contributed by atoms with Gasteiger partial charge in [-0.2, -0.15) is 0 Å². The molecule has 7 nitrogen and oxygen atoms in total. The summed E-state index contributed by atoms with van der Waals surface area (Å²) in [6, 6.07) is 2.08. The molecular formula is C20H25N7. The first kappa shape index (κ1) is 16.6. The zero-order valence-corrected chi connectivity index (χ0v) is 15.7. The van der Waals surface area contributed by atoms with Gasteiger partial charge in [0.2, 0.25) is 0 Å². The Morgan fingerprint density at radius 3 is 2.85 bits per heavy atom. The first-order valence-electron chi connectivity index (χ1n) is 9.76. The van der Waals surface area contributed by atoms with E-state index in [1.165, 1.54) is 11.3 Å². The normalized spacial score (nSPS) is 20.9. The lowest BCUT2D eigenvalue weighted by atomic mass is 9.91. The molecule has 140 valence electrons. The highest BCUT2D eigenvalue weighted by atomic mass is 15.3. The van der Waals surface area contributed by atoms with E-state index >= 15 is 0 Å². The summed E-state index contributed by atoms with van der Waals surface area (Å²) in [5, 5.41) is 0. The van der Waals surface area contributed by atoms with Crippen molar-refractivity contribution < 1.29 is 0 Å². The zero-order valence-electron chi connectivity index (χ0n) is 15.7. The first-order valence-corrected chi connectivity index (χ1v) is 9.76. The van der Waals surface area contributed by atoms with Gasteiger partial charge in [-0.25, -0.2) is 9.97 Å². The number of piperidine rings is 1. The summed E-state index contributed by atoms with van der Waals surface area (Å²) >= 11 is 0. The molecule has 0 atom stereocenters. The number of aryl methyl sites for hydroxylation is 1. The largest absolute Gasteiger partial charge is 0.355 e. The quantitative estimate of drug-likeness (QED) is 0.833. The van der Waals surface area contributed by atoms with E-state index < -0.39 is 0 Å². The Hall–Kier alpha value is -2.54. The number of nitrogens with zero attached hydrogens (tertiary/aromatic N) is 6. The van der Waals surface area contributed by atoms with Crippen molar-refractivity contribution in [2.75, 3.05) is 29.4 Å². The molecule has 0 radical (unpaired) electrons. The van der Waals surface area contributed by atoms with E-state index in [4.69, 9.17) is 20.7 Å². The van der Waals surface area contributed by atoms with Crippen LogP contribution in [-0.4, -0.2) is 46.0 Å². The lowest BCUT2D eigenvalue weighted by Gasteiger charge is -2.37. The van der Waals surface area contributed by atoms with E-state index in [9.17, 15) is 0 Å². The number of nitrogens with two attached hydrogens (primary N) is 1. The van der Waals surface area contributed by atoms with E-state index in [0.717, 1.165) is 68.4 Å². The molecular weight excluding hydrogens is 338 g/mol. The van der Waals surface area contributed by atoms with Crippen molar-refractivity contribution in [1.29, 1.82) is 0 Å². The molecule has 7 heteroatoms. The number of aliphatic imine (C=N–C) groups is 1. The van der Waals surface area contributed by atoms with Crippen molar-refractivity contribution in [3.05, 3.63) is 41.6 Å². The summed E-state index contributed by atoms with van der Waals surface area (Å²) in [4.78, 5) is 23.3. The third-order valence-electron chi connectivity index (χ3n) is 5.90. The average molecular weight is 363 g/mol. The Kier molecular flexibility index (Phi) is 3.86. The second-order valence-corrected chi connectivity index (χ2v) is 8.06. The van der Waals surface area contributed by atoms with Crippen molar-refractivity contribution in [2.24, 2.45) is 10.7 Å². The predicted octanol–water partition coefficient (Wildman–Crippen LogP) is 1.90. The van der Waals surface area contributed by atoms with Crippen LogP contribution in [0.1, 0.15) is 43.1 Å². The second kappa shape index (κ2) is 6.27. The van der Waals surface area contributed by atoms with E-state index in [1.54, 1.807) is 0 Å². The molecule has 3 aliphatic rings. The first-order chi connectivity index (χ1) is 13.1. The third-order valence-corrected chi connectivity index (χ3v) is 5.90. The molecule has 0 saturated carbocycles. The van der Waals surface area contributed by atoms with E-state index in [-0.39, 0.29) is 5.54 Å². The summed E-state index contributed by atoms with van der Waals surface area (Å²) in [7, 11) is 0. The van der Waals surface area contributed by atoms with Gasteiger partial charge in [-0.3, -0.25) is 9.98 Å². The molecule has 3 aliphatic heterocycles. The van der Waals surface area contributed by atoms with Crippen LogP contribution in [0.25, 0.3) is 0 Å². The van der Waals surface area contributed by atoms with Gasteiger partial charge >= 0.3 is 0 Å². The minimum absolute atomic E-state index is 0.0621. The van der Waals surface area contributed by atoms with Crippen molar-refractivity contribution in [3.63, 3.8) is 0 Å². The van der Waals surface area contributed by atoms with E-state index in [0.29, 0.717) is 6.54 Å². The molecule has 0 bridgehead atoms. The summed E-state index contributed by atoms with van der Waals surface area (Å²) in [6.07, 6.45) is 9.84. The highest BCUT2D eigenvalue weighted by molar-refractivity contribution is 6.11. The predicted molar refractivity (Wildman–Crippen MR) is 106 cm³/mol. The molecule has 2 aromatic heterocycles.